The van der Waals surface area contributed by atoms with Gasteiger partial charge in [-0.1, -0.05) is 41.6 Å². The van der Waals surface area contributed by atoms with Gasteiger partial charge in [-0.25, -0.2) is 4.39 Å². The fourth-order valence-corrected chi connectivity index (χ4v) is 4.04. The maximum atomic E-state index is 13.0. The molecule has 0 fully saturated rings. The number of hydrogen-bond acceptors (Lipinski definition) is 5. The Morgan fingerprint density at radius 3 is 2.59 bits per heavy atom. The second kappa shape index (κ2) is 9.93. The summed E-state index contributed by atoms with van der Waals surface area (Å²) in [4.78, 5) is 16.5. The van der Waals surface area contributed by atoms with Crippen LogP contribution in [0.3, 0.4) is 0 Å². The van der Waals surface area contributed by atoms with Crippen molar-refractivity contribution in [1.29, 1.82) is 0 Å². The van der Waals surface area contributed by atoms with Crippen molar-refractivity contribution in [2.24, 2.45) is 0 Å². The lowest BCUT2D eigenvalue weighted by Crippen LogP contribution is -2.24. The first-order valence-corrected chi connectivity index (χ1v) is 11.1. The van der Waals surface area contributed by atoms with Crippen molar-refractivity contribution in [3.05, 3.63) is 89.0 Å². The standard InChI is InChI=1S/C23H19ClFN5OS/c1-15-19(24)3-2-4-20(15)30-22(17-9-11-26-12-10-17)28-29-23(30)32-14-21(31)27-13-16-5-7-18(25)8-6-16/h2-12H,13-14H2,1H3,(H,27,31). The van der Waals surface area contributed by atoms with Crippen molar-refractivity contribution < 1.29 is 9.18 Å². The SMILES string of the molecule is Cc1c(Cl)cccc1-n1c(SCC(=O)NCc2ccc(F)cc2)nnc1-c1ccncc1. The molecule has 0 aliphatic rings. The number of amides is 1. The molecule has 4 aromatic rings. The van der Waals surface area contributed by atoms with E-state index in [-0.39, 0.29) is 17.5 Å². The van der Waals surface area contributed by atoms with Crippen LogP contribution >= 0.6 is 23.4 Å². The lowest BCUT2D eigenvalue weighted by atomic mass is 10.2. The van der Waals surface area contributed by atoms with Crippen LogP contribution in [-0.2, 0) is 11.3 Å². The first-order valence-electron chi connectivity index (χ1n) is 9.78. The normalized spacial score (nSPS) is 10.8. The highest BCUT2D eigenvalue weighted by atomic mass is 35.5. The van der Waals surface area contributed by atoms with Crippen molar-refractivity contribution in [3.63, 3.8) is 0 Å². The van der Waals surface area contributed by atoms with Gasteiger partial charge in [0, 0.05) is 29.5 Å². The Balaban J connectivity index is 1.56. The summed E-state index contributed by atoms with van der Waals surface area (Å²) in [5.41, 5.74) is 3.39. The van der Waals surface area contributed by atoms with Crippen LogP contribution in [-0.4, -0.2) is 31.4 Å². The Bertz CT molecular complexity index is 1230. The fourth-order valence-electron chi connectivity index (χ4n) is 3.09. The lowest BCUT2D eigenvalue weighted by molar-refractivity contribution is -0.118. The van der Waals surface area contributed by atoms with E-state index in [9.17, 15) is 9.18 Å². The molecule has 6 nitrogen and oxygen atoms in total. The Kier molecular flexibility index (Phi) is 6.82. The number of nitrogens with zero attached hydrogens (tertiary/aromatic N) is 4. The number of carbonyl (C=O) groups is 1. The zero-order valence-electron chi connectivity index (χ0n) is 17.1. The number of rotatable bonds is 7. The van der Waals surface area contributed by atoms with Crippen LogP contribution < -0.4 is 5.32 Å². The summed E-state index contributed by atoms with van der Waals surface area (Å²) in [6.45, 7) is 2.25. The number of thioether (sulfide) groups is 1. The third-order valence-corrected chi connectivity index (χ3v) is 6.13. The van der Waals surface area contributed by atoms with E-state index in [0.29, 0.717) is 22.5 Å². The van der Waals surface area contributed by atoms with E-state index < -0.39 is 0 Å². The summed E-state index contributed by atoms with van der Waals surface area (Å²) in [6.07, 6.45) is 3.38. The molecule has 0 radical (unpaired) electrons. The average molecular weight is 468 g/mol. The first kappa shape index (κ1) is 22.0. The van der Waals surface area contributed by atoms with Gasteiger partial charge in [-0.3, -0.25) is 14.3 Å². The van der Waals surface area contributed by atoms with E-state index in [1.54, 1.807) is 24.5 Å². The minimum absolute atomic E-state index is 0.148. The molecule has 4 rings (SSSR count). The molecule has 0 spiro atoms. The van der Waals surface area contributed by atoms with Crippen molar-refractivity contribution in [2.45, 2.75) is 18.6 Å². The molecule has 0 saturated heterocycles. The number of aromatic nitrogens is 4. The van der Waals surface area contributed by atoms with E-state index in [1.807, 2.05) is 41.8 Å². The summed E-state index contributed by atoms with van der Waals surface area (Å²) in [5, 5.41) is 12.7. The monoisotopic (exact) mass is 467 g/mol. The molecule has 32 heavy (non-hydrogen) atoms. The van der Waals surface area contributed by atoms with Crippen molar-refractivity contribution in [1.82, 2.24) is 25.1 Å². The molecule has 0 unspecified atom stereocenters. The van der Waals surface area contributed by atoms with E-state index >= 15 is 0 Å². The molecule has 0 aliphatic carbocycles. The van der Waals surface area contributed by atoms with Crippen LogP contribution in [0, 0.1) is 12.7 Å². The van der Waals surface area contributed by atoms with Crippen LogP contribution in [0.25, 0.3) is 17.1 Å². The van der Waals surface area contributed by atoms with Gasteiger partial charge in [0.2, 0.25) is 5.91 Å². The molecular weight excluding hydrogens is 449 g/mol. The van der Waals surface area contributed by atoms with Gasteiger partial charge in [0.05, 0.1) is 11.4 Å². The molecule has 0 bridgehead atoms. The highest BCUT2D eigenvalue weighted by Gasteiger charge is 2.19. The van der Waals surface area contributed by atoms with Crippen LogP contribution in [0.15, 0.2) is 72.1 Å². The van der Waals surface area contributed by atoms with E-state index in [4.69, 9.17) is 11.6 Å². The Labute approximate surface area is 193 Å². The largest absolute Gasteiger partial charge is 0.351 e. The average Bonchev–Trinajstić information content (AvgIpc) is 3.23. The molecule has 0 atom stereocenters. The number of nitrogens with one attached hydrogen (secondary N) is 1. The minimum atomic E-state index is -0.309. The van der Waals surface area contributed by atoms with E-state index in [1.165, 1.54) is 23.9 Å². The van der Waals surface area contributed by atoms with Crippen molar-refractivity contribution in [2.75, 3.05) is 5.75 Å². The second-order valence-electron chi connectivity index (χ2n) is 6.95. The fraction of sp³-hybridized carbons (Fsp3) is 0.130. The van der Waals surface area contributed by atoms with Gasteiger partial charge in [0.25, 0.3) is 0 Å². The summed E-state index contributed by atoms with van der Waals surface area (Å²) < 4.78 is 14.9. The predicted molar refractivity (Wildman–Crippen MR) is 123 cm³/mol. The third-order valence-electron chi connectivity index (χ3n) is 4.79. The zero-order chi connectivity index (χ0) is 22.5. The van der Waals surface area contributed by atoms with Crippen LogP contribution in [0.2, 0.25) is 5.02 Å². The molecule has 2 aromatic carbocycles. The van der Waals surface area contributed by atoms with Gasteiger partial charge < -0.3 is 5.32 Å². The van der Waals surface area contributed by atoms with Crippen molar-refractivity contribution >= 4 is 29.3 Å². The molecule has 1 amide bonds. The van der Waals surface area contributed by atoms with Gasteiger partial charge in [-0.2, -0.15) is 0 Å². The van der Waals surface area contributed by atoms with E-state index in [2.05, 4.69) is 20.5 Å². The summed E-state index contributed by atoms with van der Waals surface area (Å²) in [6, 6.07) is 15.4. The summed E-state index contributed by atoms with van der Waals surface area (Å²) in [5.74, 6) is 0.306. The van der Waals surface area contributed by atoms with Gasteiger partial charge in [0.15, 0.2) is 11.0 Å². The summed E-state index contributed by atoms with van der Waals surface area (Å²) >= 11 is 7.64. The molecule has 2 heterocycles. The number of hydrogen-bond donors (Lipinski definition) is 1. The number of pyridine rings is 1. The smallest absolute Gasteiger partial charge is 0.230 e. The second-order valence-corrected chi connectivity index (χ2v) is 8.30. The Morgan fingerprint density at radius 1 is 1.09 bits per heavy atom. The number of halogens is 2. The Morgan fingerprint density at radius 2 is 1.84 bits per heavy atom. The maximum Gasteiger partial charge on any atom is 0.230 e. The summed E-state index contributed by atoms with van der Waals surface area (Å²) in [7, 11) is 0. The molecule has 162 valence electrons. The van der Waals surface area contributed by atoms with Crippen LogP contribution in [0.1, 0.15) is 11.1 Å². The van der Waals surface area contributed by atoms with Gasteiger partial charge >= 0.3 is 0 Å². The lowest BCUT2D eigenvalue weighted by Gasteiger charge is -2.14. The van der Waals surface area contributed by atoms with Crippen molar-refractivity contribution in [3.8, 4) is 17.1 Å². The zero-order valence-corrected chi connectivity index (χ0v) is 18.7. The number of carbonyl (C=O) groups excluding carboxylic acids is 1. The minimum Gasteiger partial charge on any atom is -0.351 e. The molecule has 0 saturated carbocycles. The van der Waals surface area contributed by atoms with Crippen LogP contribution in [0.4, 0.5) is 4.39 Å². The van der Waals surface area contributed by atoms with Crippen LogP contribution in [0.5, 0.6) is 0 Å². The third kappa shape index (κ3) is 4.98. The molecule has 1 N–H and O–H groups in total. The maximum absolute atomic E-state index is 13.0. The van der Waals surface area contributed by atoms with Gasteiger partial charge in [-0.05, 0) is 54.4 Å². The van der Waals surface area contributed by atoms with E-state index in [0.717, 1.165) is 22.4 Å². The predicted octanol–water partition coefficient (Wildman–Crippen LogP) is 4.84. The van der Waals surface area contributed by atoms with Gasteiger partial charge in [-0.15, -0.1) is 10.2 Å². The molecular formula is C23H19ClFN5OS. The quantitative estimate of drug-likeness (QED) is 0.394. The molecule has 0 aliphatic heterocycles. The molecule has 9 heteroatoms. The highest BCUT2D eigenvalue weighted by molar-refractivity contribution is 7.99. The topological polar surface area (TPSA) is 72.7 Å². The molecule has 2 aromatic heterocycles. The highest BCUT2D eigenvalue weighted by Crippen LogP contribution is 2.31. The Hall–Kier alpha value is -3.23. The number of benzene rings is 2. The first-order chi connectivity index (χ1) is 15.5. The van der Waals surface area contributed by atoms with Gasteiger partial charge in [0.1, 0.15) is 5.82 Å².